The largest absolute Gasteiger partial charge is 0.456 e. The highest BCUT2D eigenvalue weighted by molar-refractivity contribution is 5.88. The Hall–Kier alpha value is -3.21. The SMILES string of the molecule is CC(=O)C[C@@H]1C=C(c2ccc(F)cc2)Oc2c1c(=O)oc1ccccc21. The molecule has 0 fully saturated rings. The molecule has 4 nitrogen and oxygen atoms in total. The molecule has 1 atom stereocenters. The Morgan fingerprint density at radius 1 is 1.12 bits per heavy atom. The maximum Gasteiger partial charge on any atom is 0.343 e. The number of halogens is 1. The third-order valence-electron chi connectivity index (χ3n) is 4.37. The van der Waals surface area contributed by atoms with Crippen molar-refractivity contribution < 1.29 is 18.3 Å². The lowest BCUT2D eigenvalue weighted by Crippen LogP contribution is -2.20. The summed E-state index contributed by atoms with van der Waals surface area (Å²) in [4.78, 5) is 24.3. The van der Waals surface area contributed by atoms with E-state index in [1.165, 1.54) is 19.1 Å². The van der Waals surface area contributed by atoms with E-state index >= 15 is 0 Å². The maximum atomic E-state index is 13.2. The van der Waals surface area contributed by atoms with E-state index < -0.39 is 11.5 Å². The molecule has 3 aromatic rings. The van der Waals surface area contributed by atoms with E-state index in [4.69, 9.17) is 9.15 Å². The predicted octanol–water partition coefficient (Wildman–Crippen LogP) is 4.43. The molecule has 2 heterocycles. The number of Topliss-reactive ketones (excluding diaryl/α,β-unsaturated/α-hetero) is 1. The topological polar surface area (TPSA) is 56.5 Å². The van der Waals surface area contributed by atoms with E-state index in [9.17, 15) is 14.0 Å². The number of rotatable bonds is 3. The Kier molecular flexibility index (Phi) is 3.92. The van der Waals surface area contributed by atoms with Crippen LogP contribution in [0.1, 0.15) is 30.4 Å². The van der Waals surface area contributed by atoms with E-state index in [2.05, 4.69) is 0 Å². The molecule has 0 aliphatic carbocycles. The van der Waals surface area contributed by atoms with Gasteiger partial charge < -0.3 is 9.15 Å². The summed E-state index contributed by atoms with van der Waals surface area (Å²) in [5.41, 5.74) is 0.908. The number of ether oxygens (including phenoxy) is 1. The van der Waals surface area contributed by atoms with Crippen molar-refractivity contribution in [2.24, 2.45) is 0 Å². The molecule has 0 spiro atoms. The Morgan fingerprint density at radius 3 is 2.58 bits per heavy atom. The van der Waals surface area contributed by atoms with Crippen molar-refractivity contribution in [3.05, 3.63) is 82.0 Å². The number of para-hydroxylation sites is 1. The summed E-state index contributed by atoms with van der Waals surface area (Å²) in [5.74, 6) is 0.0173. The van der Waals surface area contributed by atoms with Crippen LogP contribution in [0.5, 0.6) is 5.75 Å². The van der Waals surface area contributed by atoms with Crippen LogP contribution in [0, 0.1) is 5.82 Å². The molecule has 0 unspecified atom stereocenters. The summed E-state index contributed by atoms with van der Waals surface area (Å²) in [7, 11) is 0. The fourth-order valence-corrected chi connectivity index (χ4v) is 3.22. The Morgan fingerprint density at radius 2 is 1.85 bits per heavy atom. The van der Waals surface area contributed by atoms with Gasteiger partial charge in [0, 0.05) is 17.9 Å². The van der Waals surface area contributed by atoms with Gasteiger partial charge in [0.15, 0.2) is 0 Å². The molecule has 0 N–H and O–H groups in total. The molecule has 1 aliphatic heterocycles. The van der Waals surface area contributed by atoms with Crippen molar-refractivity contribution in [3.8, 4) is 5.75 Å². The normalized spacial score (nSPS) is 15.9. The quantitative estimate of drug-likeness (QED) is 0.656. The van der Waals surface area contributed by atoms with Crippen molar-refractivity contribution in [2.45, 2.75) is 19.3 Å². The number of benzene rings is 2. The average molecular weight is 350 g/mol. The van der Waals surface area contributed by atoms with Gasteiger partial charge >= 0.3 is 5.63 Å². The summed E-state index contributed by atoms with van der Waals surface area (Å²) in [6.45, 7) is 1.48. The maximum absolute atomic E-state index is 13.2. The minimum absolute atomic E-state index is 0.0508. The lowest BCUT2D eigenvalue weighted by atomic mass is 9.90. The highest BCUT2D eigenvalue weighted by Gasteiger charge is 2.29. The van der Waals surface area contributed by atoms with Crippen LogP contribution in [-0.2, 0) is 4.79 Å². The molecule has 4 rings (SSSR count). The second kappa shape index (κ2) is 6.26. The zero-order valence-electron chi connectivity index (χ0n) is 14.0. The van der Waals surface area contributed by atoms with Gasteiger partial charge in [-0.15, -0.1) is 0 Å². The number of hydrogen-bond donors (Lipinski definition) is 0. The van der Waals surface area contributed by atoms with Crippen LogP contribution < -0.4 is 10.4 Å². The molecule has 130 valence electrons. The van der Waals surface area contributed by atoms with Crippen LogP contribution in [0.25, 0.3) is 16.7 Å². The first kappa shape index (κ1) is 16.3. The molecule has 26 heavy (non-hydrogen) atoms. The van der Waals surface area contributed by atoms with Gasteiger partial charge in [0.1, 0.15) is 28.7 Å². The molecular weight excluding hydrogens is 335 g/mol. The van der Waals surface area contributed by atoms with Crippen LogP contribution in [-0.4, -0.2) is 5.78 Å². The average Bonchev–Trinajstić information content (AvgIpc) is 2.61. The van der Waals surface area contributed by atoms with Crippen molar-refractivity contribution in [1.82, 2.24) is 0 Å². The third-order valence-corrected chi connectivity index (χ3v) is 4.37. The molecule has 0 saturated carbocycles. The number of ketones is 1. The van der Waals surface area contributed by atoms with Gasteiger partial charge in [0.05, 0.1) is 10.9 Å². The zero-order valence-corrected chi connectivity index (χ0v) is 14.0. The van der Waals surface area contributed by atoms with Gasteiger partial charge in [0.2, 0.25) is 0 Å². The highest BCUT2D eigenvalue weighted by atomic mass is 19.1. The Labute approximate surface area is 148 Å². The second-order valence-electron chi connectivity index (χ2n) is 6.28. The third kappa shape index (κ3) is 2.81. The fourth-order valence-electron chi connectivity index (χ4n) is 3.22. The molecule has 2 aromatic carbocycles. The molecule has 0 bridgehead atoms. The lowest BCUT2D eigenvalue weighted by Gasteiger charge is -2.24. The molecule has 0 amide bonds. The number of carbonyl (C=O) groups is 1. The van der Waals surface area contributed by atoms with Crippen molar-refractivity contribution >= 4 is 22.5 Å². The Balaban J connectivity index is 1.93. The smallest absolute Gasteiger partial charge is 0.343 e. The highest BCUT2D eigenvalue weighted by Crippen LogP contribution is 2.41. The van der Waals surface area contributed by atoms with Gasteiger partial charge in [-0.25, -0.2) is 9.18 Å². The van der Waals surface area contributed by atoms with Gasteiger partial charge in [-0.3, -0.25) is 4.79 Å². The molecule has 5 heteroatoms. The summed E-state index contributed by atoms with van der Waals surface area (Å²) in [6.07, 6.45) is 1.88. The van der Waals surface area contributed by atoms with E-state index in [1.807, 2.05) is 6.07 Å². The lowest BCUT2D eigenvalue weighted by molar-refractivity contribution is -0.117. The van der Waals surface area contributed by atoms with Crippen molar-refractivity contribution in [1.29, 1.82) is 0 Å². The van der Waals surface area contributed by atoms with E-state index in [-0.39, 0.29) is 18.0 Å². The van der Waals surface area contributed by atoms with E-state index in [0.29, 0.717) is 33.6 Å². The van der Waals surface area contributed by atoms with Gasteiger partial charge in [-0.1, -0.05) is 12.1 Å². The molecular formula is C21H15FO4. The van der Waals surface area contributed by atoms with Gasteiger partial charge in [-0.05, 0) is 49.4 Å². The second-order valence-corrected chi connectivity index (χ2v) is 6.28. The van der Waals surface area contributed by atoms with Crippen LogP contribution in [0.2, 0.25) is 0 Å². The number of carbonyl (C=O) groups excluding carboxylic acids is 1. The summed E-state index contributed by atoms with van der Waals surface area (Å²) >= 11 is 0. The fraction of sp³-hybridized carbons (Fsp3) is 0.143. The first-order valence-corrected chi connectivity index (χ1v) is 8.23. The number of hydrogen-bond acceptors (Lipinski definition) is 4. The van der Waals surface area contributed by atoms with Crippen LogP contribution >= 0.6 is 0 Å². The standard InChI is InChI=1S/C21H15FO4/c1-12(23)10-14-11-18(13-6-8-15(22)9-7-13)25-20-16-4-2-3-5-17(16)26-21(24)19(14)20/h2-9,11,14H,10H2,1H3/t14-/m1/s1. The van der Waals surface area contributed by atoms with Crippen molar-refractivity contribution in [2.75, 3.05) is 0 Å². The monoisotopic (exact) mass is 350 g/mol. The summed E-state index contributed by atoms with van der Waals surface area (Å²) < 4.78 is 24.7. The molecule has 0 saturated heterocycles. The summed E-state index contributed by atoms with van der Waals surface area (Å²) in [5, 5.41) is 0.656. The van der Waals surface area contributed by atoms with Crippen LogP contribution in [0.15, 0.2) is 63.8 Å². The van der Waals surface area contributed by atoms with Gasteiger partial charge in [-0.2, -0.15) is 0 Å². The van der Waals surface area contributed by atoms with E-state index in [1.54, 1.807) is 36.4 Å². The zero-order chi connectivity index (χ0) is 18.3. The predicted molar refractivity (Wildman–Crippen MR) is 95.5 cm³/mol. The minimum Gasteiger partial charge on any atom is -0.456 e. The number of fused-ring (bicyclic) bond motifs is 3. The first-order valence-electron chi connectivity index (χ1n) is 8.23. The molecule has 1 aliphatic rings. The van der Waals surface area contributed by atoms with Crippen LogP contribution in [0.3, 0.4) is 0 Å². The minimum atomic E-state index is -0.514. The Bertz CT molecular complexity index is 1090. The van der Waals surface area contributed by atoms with Crippen LogP contribution in [0.4, 0.5) is 4.39 Å². The molecule has 1 aromatic heterocycles. The molecule has 0 radical (unpaired) electrons. The summed E-state index contributed by atoms with van der Waals surface area (Å²) in [6, 6.07) is 13.0. The first-order chi connectivity index (χ1) is 12.5. The number of allylic oxidation sites excluding steroid dienone is 1. The van der Waals surface area contributed by atoms with Crippen molar-refractivity contribution in [3.63, 3.8) is 0 Å². The van der Waals surface area contributed by atoms with E-state index in [0.717, 1.165) is 0 Å². The van der Waals surface area contributed by atoms with Gasteiger partial charge in [0.25, 0.3) is 0 Å².